The van der Waals surface area contributed by atoms with Crippen molar-refractivity contribution in [1.82, 2.24) is 0 Å². The zero-order valence-electron chi connectivity index (χ0n) is 14.8. The van der Waals surface area contributed by atoms with Crippen LogP contribution in [0.2, 0.25) is 0 Å². The van der Waals surface area contributed by atoms with Crippen LogP contribution in [0.3, 0.4) is 0 Å². The molecule has 128 valence electrons. The summed E-state index contributed by atoms with van der Waals surface area (Å²) in [5.74, 6) is -0.190. The molecule has 0 heterocycles. The number of unbranched alkanes of at least 4 members (excludes halogenated alkanes) is 9. The second kappa shape index (κ2) is 18.0. The molecule has 0 aromatic heterocycles. The van der Waals surface area contributed by atoms with Crippen LogP contribution in [0.25, 0.3) is 0 Å². The van der Waals surface area contributed by atoms with Gasteiger partial charge in [-0.2, -0.15) is 0 Å². The molecule has 2 heteroatoms. The van der Waals surface area contributed by atoms with Gasteiger partial charge >= 0.3 is 5.97 Å². The number of ether oxygens (including phenoxy) is 1. The Labute approximate surface area is 138 Å². The quantitative estimate of drug-likeness (QED) is 0.200. The first kappa shape index (κ1) is 20.9. The van der Waals surface area contributed by atoms with Gasteiger partial charge in [0.2, 0.25) is 0 Å². The van der Waals surface area contributed by atoms with Crippen molar-refractivity contribution in [3.8, 4) is 0 Å². The van der Waals surface area contributed by atoms with Gasteiger partial charge in [-0.15, -0.1) is 0 Å². The second-order valence-electron chi connectivity index (χ2n) is 5.91. The molecule has 0 aromatic carbocycles. The Morgan fingerprint density at radius 2 is 1.18 bits per heavy atom. The minimum absolute atomic E-state index is 0.190. The van der Waals surface area contributed by atoms with Crippen LogP contribution in [0, 0.1) is 0 Å². The van der Waals surface area contributed by atoms with Crippen molar-refractivity contribution in [2.75, 3.05) is 6.61 Å². The highest BCUT2D eigenvalue weighted by Gasteiger charge is 1.91. The van der Waals surface area contributed by atoms with E-state index >= 15 is 0 Å². The molecule has 22 heavy (non-hydrogen) atoms. The first-order valence-corrected chi connectivity index (χ1v) is 9.20. The van der Waals surface area contributed by atoms with E-state index in [1.165, 1.54) is 71.1 Å². The fraction of sp³-hybridized carbons (Fsp3) is 0.750. The number of rotatable bonds is 15. The monoisotopic (exact) mass is 308 g/mol. The van der Waals surface area contributed by atoms with Gasteiger partial charge in [0, 0.05) is 6.92 Å². The van der Waals surface area contributed by atoms with Crippen molar-refractivity contribution < 1.29 is 9.53 Å². The van der Waals surface area contributed by atoms with Gasteiger partial charge in [0.1, 0.15) is 0 Å². The SMILES string of the molecule is CCCC/C=C\CCCCCCCC/C=C\CCOC(C)=O. The lowest BCUT2D eigenvalue weighted by molar-refractivity contribution is -0.140. The Morgan fingerprint density at radius 1 is 0.727 bits per heavy atom. The van der Waals surface area contributed by atoms with E-state index in [4.69, 9.17) is 4.74 Å². The number of hydrogen-bond donors (Lipinski definition) is 0. The third kappa shape index (κ3) is 18.9. The van der Waals surface area contributed by atoms with E-state index in [-0.39, 0.29) is 5.97 Å². The van der Waals surface area contributed by atoms with E-state index in [0.29, 0.717) is 6.61 Å². The third-order valence-corrected chi connectivity index (χ3v) is 3.64. The first-order chi connectivity index (χ1) is 10.8. The fourth-order valence-corrected chi connectivity index (χ4v) is 2.30. The summed E-state index contributed by atoms with van der Waals surface area (Å²) in [5.41, 5.74) is 0. The summed E-state index contributed by atoms with van der Waals surface area (Å²) >= 11 is 0. The molecule has 0 N–H and O–H groups in total. The largest absolute Gasteiger partial charge is 0.466 e. The molecule has 0 bridgehead atoms. The summed E-state index contributed by atoms with van der Waals surface area (Å²) in [7, 11) is 0. The van der Waals surface area contributed by atoms with Gasteiger partial charge in [0.25, 0.3) is 0 Å². The summed E-state index contributed by atoms with van der Waals surface area (Å²) < 4.78 is 4.87. The summed E-state index contributed by atoms with van der Waals surface area (Å²) in [6, 6.07) is 0. The average Bonchev–Trinajstić information content (AvgIpc) is 2.50. The standard InChI is InChI=1S/C20H36O2/c1-3-4-5-6-7-8-9-10-11-12-13-14-15-16-17-18-19-22-20(2)21/h6-7,16-17H,3-5,8-15,18-19H2,1-2H3/b7-6-,17-16-. The predicted molar refractivity (Wildman–Crippen MR) is 96.0 cm³/mol. The Hall–Kier alpha value is -1.05. The van der Waals surface area contributed by atoms with E-state index in [2.05, 4.69) is 31.2 Å². The Balaban J connectivity index is 3.12. The van der Waals surface area contributed by atoms with Crippen LogP contribution in [0.4, 0.5) is 0 Å². The van der Waals surface area contributed by atoms with Crippen LogP contribution in [0.1, 0.15) is 90.9 Å². The van der Waals surface area contributed by atoms with Gasteiger partial charge in [-0.25, -0.2) is 0 Å². The van der Waals surface area contributed by atoms with Crippen molar-refractivity contribution in [2.24, 2.45) is 0 Å². The molecule has 0 aliphatic carbocycles. The molecular formula is C20H36O2. The van der Waals surface area contributed by atoms with Crippen molar-refractivity contribution in [3.63, 3.8) is 0 Å². The highest BCUT2D eigenvalue weighted by atomic mass is 16.5. The number of esters is 1. The van der Waals surface area contributed by atoms with Crippen LogP contribution in [0.5, 0.6) is 0 Å². The fourth-order valence-electron chi connectivity index (χ4n) is 2.30. The molecule has 2 nitrogen and oxygen atoms in total. The molecule has 0 fully saturated rings. The maximum absolute atomic E-state index is 10.6. The van der Waals surface area contributed by atoms with E-state index in [0.717, 1.165) is 12.8 Å². The van der Waals surface area contributed by atoms with E-state index < -0.39 is 0 Å². The van der Waals surface area contributed by atoms with Crippen molar-refractivity contribution in [3.05, 3.63) is 24.3 Å². The number of hydrogen-bond acceptors (Lipinski definition) is 2. The Kier molecular flexibility index (Phi) is 17.1. The summed E-state index contributed by atoms with van der Waals surface area (Å²) in [4.78, 5) is 10.6. The minimum atomic E-state index is -0.190. The van der Waals surface area contributed by atoms with E-state index in [1.54, 1.807) is 0 Å². The zero-order valence-corrected chi connectivity index (χ0v) is 14.8. The maximum Gasteiger partial charge on any atom is 0.302 e. The molecule has 0 saturated carbocycles. The minimum Gasteiger partial charge on any atom is -0.466 e. The number of carbonyl (C=O) groups excluding carboxylic acids is 1. The van der Waals surface area contributed by atoms with Gasteiger partial charge in [0.15, 0.2) is 0 Å². The average molecular weight is 309 g/mol. The molecule has 0 aliphatic rings. The highest BCUT2D eigenvalue weighted by Crippen LogP contribution is 2.09. The summed E-state index contributed by atoms with van der Waals surface area (Å²) in [5, 5.41) is 0. The van der Waals surface area contributed by atoms with Crippen molar-refractivity contribution in [2.45, 2.75) is 90.9 Å². The molecule has 0 saturated heterocycles. The second-order valence-corrected chi connectivity index (χ2v) is 5.91. The normalized spacial score (nSPS) is 11.5. The zero-order chi connectivity index (χ0) is 16.3. The molecule has 0 unspecified atom stereocenters. The van der Waals surface area contributed by atoms with Crippen molar-refractivity contribution >= 4 is 5.97 Å². The molecule has 0 amide bonds. The molecule has 0 atom stereocenters. The van der Waals surface area contributed by atoms with Crippen LogP contribution in [-0.4, -0.2) is 12.6 Å². The molecule has 0 aromatic rings. The predicted octanol–water partition coefficient (Wildman–Crippen LogP) is 6.36. The summed E-state index contributed by atoms with van der Waals surface area (Å²) in [6.07, 6.45) is 24.2. The smallest absolute Gasteiger partial charge is 0.302 e. The lowest BCUT2D eigenvalue weighted by atomic mass is 10.1. The van der Waals surface area contributed by atoms with Crippen LogP contribution < -0.4 is 0 Å². The molecule has 0 rings (SSSR count). The third-order valence-electron chi connectivity index (χ3n) is 3.64. The lowest BCUT2D eigenvalue weighted by Gasteiger charge is -2.00. The van der Waals surface area contributed by atoms with E-state index in [9.17, 15) is 4.79 Å². The summed E-state index contributed by atoms with van der Waals surface area (Å²) in [6.45, 7) is 4.21. The van der Waals surface area contributed by atoms with E-state index in [1.807, 2.05) is 0 Å². The first-order valence-electron chi connectivity index (χ1n) is 9.20. The topological polar surface area (TPSA) is 26.3 Å². The van der Waals surface area contributed by atoms with Gasteiger partial charge in [-0.05, 0) is 38.5 Å². The van der Waals surface area contributed by atoms with Gasteiger partial charge in [0.05, 0.1) is 6.61 Å². The van der Waals surface area contributed by atoms with Gasteiger partial charge < -0.3 is 4.74 Å². The molecule has 0 aliphatic heterocycles. The molecule has 0 spiro atoms. The maximum atomic E-state index is 10.6. The highest BCUT2D eigenvalue weighted by molar-refractivity contribution is 5.65. The van der Waals surface area contributed by atoms with Crippen molar-refractivity contribution in [1.29, 1.82) is 0 Å². The van der Waals surface area contributed by atoms with Crippen LogP contribution >= 0.6 is 0 Å². The number of carbonyl (C=O) groups is 1. The van der Waals surface area contributed by atoms with Gasteiger partial charge in [-0.3, -0.25) is 4.79 Å². The van der Waals surface area contributed by atoms with Crippen LogP contribution in [-0.2, 0) is 9.53 Å². The number of allylic oxidation sites excluding steroid dienone is 3. The Bertz CT molecular complexity index is 292. The van der Waals surface area contributed by atoms with Crippen LogP contribution in [0.15, 0.2) is 24.3 Å². The Morgan fingerprint density at radius 3 is 1.68 bits per heavy atom. The lowest BCUT2D eigenvalue weighted by Crippen LogP contribution is -1.98. The molecule has 0 radical (unpaired) electrons. The molecular weight excluding hydrogens is 272 g/mol. The van der Waals surface area contributed by atoms with Gasteiger partial charge in [-0.1, -0.05) is 69.8 Å².